The molecule has 0 spiro atoms. The highest BCUT2D eigenvalue weighted by molar-refractivity contribution is 7.79. The van der Waals surface area contributed by atoms with Crippen LogP contribution in [0.5, 0.6) is 0 Å². The maximum atomic E-state index is 4.27. The molecule has 0 aromatic heterocycles. The lowest BCUT2D eigenvalue weighted by atomic mass is 10.0. The minimum Gasteiger partial charge on any atom is -0.175 e. The first kappa shape index (κ1) is 14.6. The standard InChI is InChI=1S/C16H26S/c1-2-3-4-5-6-7-8-9-15-10-12-16(14-17)13-11-15/h10-13,17H,2-9,14H2,1H3. The molecule has 0 atom stereocenters. The highest BCUT2D eigenvalue weighted by Gasteiger charge is 1.95. The molecule has 0 aliphatic heterocycles. The molecule has 1 aromatic carbocycles. The van der Waals surface area contributed by atoms with Gasteiger partial charge in [0.15, 0.2) is 0 Å². The van der Waals surface area contributed by atoms with E-state index in [1.54, 1.807) is 0 Å². The number of rotatable bonds is 9. The van der Waals surface area contributed by atoms with Crippen molar-refractivity contribution in [3.05, 3.63) is 35.4 Å². The summed E-state index contributed by atoms with van der Waals surface area (Å²) in [5, 5.41) is 0. The Morgan fingerprint density at radius 1 is 0.765 bits per heavy atom. The fourth-order valence-corrected chi connectivity index (χ4v) is 2.31. The van der Waals surface area contributed by atoms with Crippen LogP contribution in [-0.4, -0.2) is 0 Å². The van der Waals surface area contributed by atoms with E-state index in [1.807, 2.05) is 0 Å². The molecule has 1 rings (SSSR count). The number of unbranched alkanes of at least 4 members (excludes halogenated alkanes) is 6. The molecule has 0 nitrogen and oxygen atoms in total. The fraction of sp³-hybridized carbons (Fsp3) is 0.625. The van der Waals surface area contributed by atoms with Crippen LogP contribution >= 0.6 is 12.6 Å². The molecule has 0 heterocycles. The molecule has 0 fully saturated rings. The second-order valence-corrected chi connectivity index (χ2v) is 5.16. The number of hydrogen-bond donors (Lipinski definition) is 1. The van der Waals surface area contributed by atoms with Gasteiger partial charge in [0.1, 0.15) is 0 Å². The van der Waals surface area contributed by atoms with Crippen LogP contribution < -0.4 is 0 Å². The predicted molar refractivity (Wildman–Crippen MR) is 80.8 cm³/mol. The molecule has 0 aliphatic carbocycles. The van der Waals surface area contributed by atoms with Crippen molar-refractivity contribution in [2.75, 3.05) is 0 Å². The molecule has 0 bridgehead atoms. The maximum absolute atomic E-state index is 4.27. The van der Waals surface area contributed by atoms with Crippen LogP contribution in [0.1, 0.15) is 63.0 Å². The number of hydrogen-bond acceptors (Lipinski definition) is 1. The van der Waals surface area contributed by atoms with Crippen molar-refractivity contribution in [2.24, 2.45) is 0 Å². The zero-order valence-corrected chi connectivity index (χ0v) is 12.0. The smallest absolute Gasteiger partial charge is 0.0154 e. The van der Waals surface area contributed by atoms with E-state index in [1.165, 1.54) is 62.5 Å². The van der Waals surface area contributed by atoms with Crippen LogP contribution in [0.3, 0.4) is 0 Å². The Hall–Kier alpha value is -0.430. The maximum Gasteiger partial charge on any atom is 0.0154 e. The van der Waals surface area contributed by atoms with Crippen molar-refractivity contribution in [2.45, 2.75) is 64.0 Å². The molecule has 0 N–H and O–H groups in total. The van der Waals surface area contributed by atoms with Crippen molar-refractivity contribution in [1.29, 1.82) is 0 Å². The molecule has 96 valence electrons. The molecule has 1 aromatic rings. The van der Waals surface area contributed by atoms with Gasteiger partial charge in [-0.05, 0) is 24.0 Å². The molecule has 0 amide bonds. The third-order valence-electron chi connectivity index (χ3n) is 3.27. The molecule has 0 unspecified atom stereocenters. The molecule has 0 saturated heterocycles. The van der Waals surface area contributed by atoms with Gasteiger partial charge in [-0.25, -0.2) is 0 Å². The average Bonchev–Trinajstić information content (AvgIpc) is 2.38. The first-order valence-corrected chi connectivity index (χ1v) is 7.68. The average molecular weight is 250 g/mol. The monoisotopic (exact) mass is 250 g/mol. The van der Waals surface area contributed by atoms with Crippen LogP contribution in [0, 0.1) is 0 Å². The van der Waals surface area contributed by atoms with E-state index in [0.29, 0.717) is 0 Å². The van der Waals surface area contributed by atoms with Gasteiger partial charge in [0.25, 0.3) is 0 Å². The topological polar surface area (TPSA) is 0 Å². The van der Waals surface area contributed by atoms with Gasteiger partial charge in [0, 0.05) is 5.75 Å². The van der Waals surface area contributed by atoms with Crippen LogP contribution in [0.4, 0.5) is 0 Å². The molecule has 0 radical (unpaired) electrons. The van der Waals surface area contributed by atoms with Gasteiger partial charge in [-0.15, -0.1) is 0 Å². The third-order valence-corrected chi connectivity index (χ3v) is 3.64. The lowest BCUT2D eigenvalue weighted by Crippen LogP contribution is -1.87. The molecule has 0 aliphatic rings. The van der Waals surface area contributed by atoms with E-state index in [9.17, 15) is 0 Å². The Labute approximate surface area is 112 Å². The second-order valence-electron chi connectivity index (χ2n) is 4.85. The van der Waals surface area contributed by atoms with Crippen molar-refractivity contribution in [3.8, 4) is 0 Å². The number of thiol groups is 1. The first-order valence-electron chi connectivity index (χ1n) is 7.05. The minimum absolute atomic E-state index is 0.845. The summed E-state index contributed by atoms with van der Waals surface area (Å²) in [5.74, 6) is 0.845. The highest BCUT2D eigenvalue weighted by atomic mass is 32.1. The molecule has 0 saturated carbocycles. The fourth-order valence-electron chi connectivity index (χ4n) is 2.10. The van der Waals surface area contributed by atoms with Crippen molar-refractivity contribution < 1.29 is 0 Å². The third kappa shape index (κ3) is 6.78. The number of benzene rings is 1. The van der Waals surface area contributed by atoms with Crippen LogP contribution in [0.2, 0.25) is 0 Å². The van der Waals surface area contributed by atoms with Gasteiger partial charge in [-0.2, -0.15) is 12.6 Å². The quantitative estimate of drug-likeness (QED) is 0.440. The highest BCUT2D eigenvalue weighted by Crippen LogP contribution is 2.12. The Morgan fingerprint density at radius 3 is 1.88 bits per heavy atom. The van der Waals surface area contributed by atoms with Gasteiger partial charge in [0.2, 0.25) is 0 Å². The molecule has 1 heteroatoms. The van der Waals surface area contributed by atoms with E-state index in [0.717, 1.165) is 5.75 Å². The summed E-state index contributed by atoms with van der Waals surface area (Å²) in [5.41, 5.74) is 2.79. The SMILES string of the molecule is CCCCCCCCCc1ccc(CS)cc1. The lowest BCUT2D eigenvalue weighted by Gasteiger charge is -2.03. The Kier molecular flexibility index (Phi) is 8.25. The lowest BCUT2D eigenvalue weighted by molar-refractivity contribution is 0.589. The van der Waals surface area contributed by atoms with E-state index in [2.05, 4.69) is 43.8 Å². The van der Waals surface area contributed by atoms with Crippen molar-refractivity contribution in [1.82, 2.24) is 0 Å². The van der Waals surface area contributed by atoms with E-state index < -0.39 is 0 Å². The van der Waals surface area contributed by atoms with Crippen LogP contribution in [-0.2, 0) is 12.2 Å². The summed E-state index contributed by atoms with van der Waals surface area (Å²) >= 11 is 4.27. The summed E-state index contributed by atoms with van der Waals surface area (Å²) in [4.78, 5) is 0. The normalized spacial score (nSPS) is 10.7. The largest absolute Gasteiger partial charge is 0.175 e. The van der Waals surface area contributed by atoms with Crippen LogP contribution in [0.15, 0.2) is 24.3 Å². The van der Waals surface area contributed by atoms with Gasteiger partial charge in [0.05, 0.1) is 0 Å². The zero-order chi connectivity index (χ0) is 12.3. The predicted octanol–water partition coefficient (Wildman–Crippen LogP) is 5.41. The second kappa shape index (κ2) is 9.58. The van der Waals surface area contributed by atoms with Gasteiger partial charge >= 0.3 is 0 Å². The Morgan fingerprint density at radius 2 is 1.29 bits per heavy atom. The Balaban J connectivity index is 2.05. The van der Waals surface area contributed by atoms with Crippen LogP contribution in [0.25, 0.3) is 0 Å². The van der Waals surface area contributed by atoms with Crippen molar-refractivity contribution >= 4 is 12.6 Å². The zero-order valence-electron chi connectivity index (χ0n) is 11.1. The molecular weight excluding hydrogens is 224 g/mol. The summed E-state index contributed by atoms with van der Waals surface area (Å²) in [6.45, 7) is 2.27. The van der Waals surface area contributed by atoms with E-state index >= 15 is 0 Å². The Bertz CT molecular complexity index is 276. The summed E-state index contributed by atoms with van der Waals surface area (Å²) in [6, 6.07) is 8.90. The first-order chi connectivity index (χ1) is 8.36. The minimum atomic E-state index is 0.845. The summed E-state index contributed by atoms with van der Waals surface area (Å²) in [7, 11) is 0. The summed E-state index contributed by atoms with van der Waals surface area (Å²) in [6.07, 6.45) is 11.0. The summed E-state index contributed by atoms with van der Waals surface area (Å²) < 4.78 is 0. The number of aryl methyl sites for hydroxylation is 1. The van der Waals surface area contributed by atoms with E-state index in [-0.39, 0.29) is 0 Å². The van der Waals surface area contributed by atoms with Gasteiger partial charge in [-0.3, -0.25) is 0 Å². The van der Waals surface area contributed by atoms with Gasteiger partial charge in [-0.1, -0.05) is 69.7 Å². The molecular formula is C16H26S. The molecule has 17 heavy (non-hydrogen) atoms. The van der Waals surface area contributed by atoms with Crippen molar-refractivity contribution in [3.63, 3.8) is 0 Å². The van der Waals surface area contributed by atoms with E-state index in [4.69, 9.17) is 0 Å². The van der Waals surface area contributed by atoms with Gasteiger partial charge < -0.3 is 0 Å².